The fourth-order valence-corrected chi connectivity index (χ4v) is 4.17. The van der Waals surface area contributed by atoms with Crippen LogP contribution >= 0.6 is 0 Å². The van der Waals surface area contributed by atoms with Gasteiger partial charge in [-0.3, -0.25) is 4.79 Å². The van der Waals surface area contributed by atoms with Gasteiger partial charge in [-0.05, 0) is 30.5 Å². The maximum atomic E-state index is 12.6. The summed E-state index contributed by atoms with van der Waals surface area (Å²) in [5.74, 6) is -0.0906. The van der Waals surface area contributed by atoms with E-state index in [9.17, 15) is 13.2 Å². The van der Waals surface area contributed by atoms with Gasteiger partial charge in [0.25, 0.3) is 5.91 Å². The third kappa shape index (κ3) is 2.46. The number of aryl methyl sites for hydroxylation is 1. The van der Waals surface area contributed by atoms with Gasteiger partial charge in [0, 0.05) is 11.8 Å². The Morgan fingerprint density at radius 3 is 2.52 bits per heavy atom. The zero-order valence-electron chi connectivity index (χ0n) is 12.2. The van der Waals surface area contributed by atoms with Gasteiger partial charge in [-0.25, -0.2) is 8.42 Å². The van der Waals surface area contributed by atoms with Crippen LogP contribution in [0.3, 0.4) is 0 Å². The van der Waals surface area contributed by atoms with Gasteiger partial charge in [0.05, 0.1) is 30.2 Å². The summed E-state index contributed by atoms with van der Waals surface area (Å²) in [7, 11) is -3.33. The molecule has 5 nitrogen and oxygen atoms in total. The first kappa shape index (κ1) is 14.5. The zero-order chi connectivity index (χ0) is 15.2. The van der Waals surface area contributed by atoms with Crippen LogP contribution in [0, 0.1) is 0 Å². The number of carbonyl (C=O) groups is 1. The number of carbonyl (C=O) groups excluding carboxylic acids is 1. The Hall–Kier alpha value is -1.40. The van der Waals surface area contributed by atoms with Gasteiger partial charge in [-0.15, -0.1) is 0 Å². The standard InChI is InChI=1S/C15H19NO4S/c1-3-10-4-5-11(6-14(10)21(2,18)19)15(17)16-12-7-13(16)9-20-8-12/h4-6,12-13H,3,7-9H2,1-2H3. The summed E-state index contributed by atoms with van der Waals surface area (Å²) in [4.78, 5) is 14.7. The Labute approximate surface area is 124 Å². The molecule has 0 aliphatic carbocycles. The van der Waals surface area contributed by atoms with E-state index in [0.29, 0.717) is 25.2 Å². The summed E-state index contributed by atoms with van der Waals surface area (Å²) in [5.41, 5.74) is 1.20. The van der Waals surface area contributed by atoms with Gasteiger partial charge >= 0.3 is 0 Å². The lowest BCUT2D eigenvalue weighted by Crippen LogP contribution is -2.65. The molecule has 0 spiro atoms. The second-order valence-electron chi connectivity index (χ2n) is 5.74. The molecule has 2 saturated heterocycles. The maximum Gasteiger partial charge on any atom is 0.254 e. The second-order valence-corrected chi connectivity index (χ2v) is 7.73. The molecule has 2 atom stereocenters. The highest BCUT2D eigenvalue weighted by Crippen LogP contribution is 2.32. The lowest BCUT2D eigenvalue weighted by atomic mass is 9.90. The number of rotatable bonds is 3. The smallest absolute Gasteiger partial charge is 0.254 e. The summed E-state index contributed by atoms with van der Waals surface area (Å²) in [6.07, 6.45) is 2.79. The lowest BCUT2D eigenvalue weighted by molar-refractivity contribution is -0.104. The van der Waals surface area contributed by atoms with Crippen molar-refractivity contribution in [2.75, 3.05) is 19.5 Å². The van der Waals surface area contributed by atoms with Crippen molar-refractivity contribution in [1.82, 2.24) is 4.90 Å². The number of hydrogen-bond donors (Lipinski definition) is 0. The van der Waals surface area contributed by atoms with E-state index in [0.717, 1.165) is 12.0 Å². The van der Waals surface area contributed by atoms with Crippen molar-refractivity contribution >= 4 is 15.7 Å². The Balaban J connectivity index is 1.94. The zero-order valence-corrected chi connectivity index (χ0v) is 13.0. The maximum absolute atomic E-state index is 12.6. The van der Waals surface area contributed by atoms with Crippen molar-refractivity contribution in [2.24, 2.45) is 0 Å². The van der Waals surface area contributed by atoms with Gasteiger partial charge in [-0.1, -0.05) is 13.0 Å². The number of sulfone groups is 1. The first-order valence-electron chi connectivity index (χ1n) is 7.15. The first-order chi connectivity index (χ1) is 9.91. The first-order valence-corrected chi connectivity index (χ1v) is 9.04. The minimum atomic E-state index is -3.33. The van der Waals surface area contributed by atoms with Crippen molar-refractivity contribution in [2.45, 2.75) is 36.7 Å². The van der Waals surface area contributed by atoms with Gasteiger partial charge in [0.2, 0.25) is 0 Å². The van der Waals surface area contributed by atoms with E-state index in [-0.39, 0.29) is 22.9 Å². The molecule has 2 fully saturated rings. The molecule has 0 radical (unpaired) electrons. The number of amides is 1. The van der Waals surface area contributed by atoms with Crippen LogP contribution in [0.1, 0.15) is 29.3 Å². The van der Waals surface area contributed by atoms with E-state index in [1.165, 1.54) is 12.3 Å². The molecule has 0 aromatic heterocycles. The van der Waals surface area contributed by atoms with Gasteiger partial charge in [0.1, 0.15) is 0 Å². The SMILES string of the molecule is CCc1ccc(C(=O)N2C3COCC2C3)cc1S(C)(=O)=O. The lowest BCUT2D eigenvalue weighted by Gasteiger charge is -2.52. The highest BCUT2D eigenvalue weighted by atomic mass is 32.2. The number of hydrogen-bond acceptors (Lipinski definition) is 4. The van der Waals surface area contributed by atoms with Crippen LogP contribution in [-0.4, -0.2) is 50.8 Å². The van der Waals surface area contributed by atoms with Crippen LogP contribution < -0.4 is 0 Å². The molecule has 3 rings (SSSR count). The number of morpholine rings is 1. The van der Waals surface area contributed by atoms with Gasteiger partial charge in [-0.2, -0.15) is 0 Å². The number of fused-ring (bicyclic) bond motifs is 2. The van der Waals surface area contributed by atoms with Crippen molar-refractivity contribution in [3.05, 3.63) is 29.3 Å². The topological polar surface area (TPSA) is 63.7 Å². The summed E-state index contributed by atoms with van der Waals surface area (Å²) < 4.78 is 29.2. The monoisotopic (exact) mass is 309 g/mol. The van der Waals surface area contributed by atoms with Crippen LogP contribution in [0.4, 0.5) is 0 Å². The van der Waals surface area contributed by atoms with Gasteiger partial charge in [0.15, 0.2) is 9.84 Å². The van der Waals surface area contributed by atoms with Crippen LogP contribution in [0.2, 0.25) is 0 Å². The molecule has 2 aliphatic heterocycles. The van der Waals surface area contributed by atoms with Crippen LogP contribution in [0.5, 0.6) is 0 Å². The number of ether oxygens (including phenoxy) is 1. The van der Waals surface area contributed by atoms with Crippen molar-refractivity contribution < 1.29 is 17.9 Å². The Morgan fingerprint density at radius 1 is 1.33 bits per heavy atom. The van der Waals surface area contributed by atoms with E-state index >= 15 is 0 Å². The molecule has 2 heterocycles. The minimum absolute atomic E-state index is 0.0906. The molecule has 1 aromatic rings. The summed E-state index contributed by atoms with van der Waals surface area (Å²) in [6, 6.07) is 5.28. The molecule has 1 aromatic carbocycles. The van der Waals surface area contributed by atoms with Gasteiger partial charge < -0.3 is 9.64 Å². The van der Waals surface area contributed by atoms with E-state index < -0.39 is 9.84 Å². The molecule has 114 valence electrons. The van der Waals surface area contributed by atoms with Crippen molar-refractivity contribution in [1.29, 1.82) is 0 Å². The number of nitrogens with zero attached hydrogens (tertiary/aromatic N) is 1. The predicted octanol–water partition coefficient (Wildman–Crippen LogP) is 1.27. The highest BCUT2D eigenvalue weighted by Gasteiger charge is 2.45. The fraction of sp³-hybridized carbons (Fsp3) is 0.533. The molecule has 2 aliphatic rings. The average Bonchev–Trinajstić information content (AvgIpc) is 2.46. The van der Waals surface area contributed by atoms with E-state index in [1.807, 2.05) is 11.8 Å². The number of benzene rings is 1. The molecule has 0 N–H and O–H groups in total. The molecular weight excluding hydrogens is 290 g/mol. The summed E-state index contributed by atoms with van der Waals surface area (Å²) in [6.45, 7) is 3.06. The minimum Gasteiger partial charge on any atom is -0.377 e. The molecule has 0 saturated carbocycles. The average molecular weight is 309 g/mol. The Morgan fingerprint density at radius 2 is 2.00 bits per heavy atom. The van der Waals surface area contributed by atoms with Crippen molar-refractivity contribution in [3.63, 3.8) is 0 Å². The Bertz CT molecular complexity index is 669. The quantitative estimate of drug-likeness (QED) is 0.843. The third-order valence-electron chi connectivity index (χ3n) is 4.28. The molecule has 2 unspecified atom stereocenters. The third-order valence-corrected chi connectivity index (χ3v) is 5.46. The molecular formula is C15H19NO4S. The fourth-order valence-electron chi connectivity index (χ4n) is 3.14. The van der Waals surface area contributed by atoms with E-state index in [4.69, 9.17) is 4.74 Å². The molecule has 1 amide bonds. The van der Waals surface area contributed by atoms with Crippen LogP contribution in [-0.2, 0) is 21.0 Å². The normalized spacial score (nSPS) is 24.6. The molecule has 2 bridgehead atoms. The Kier molecular flexibility index (Phi) is 3.53. The summed E-state index contributed by atoms with van der Waals surface area (Å²) >= 11 is 0. The van der Waals surface area contributed by atoms with Crippen molar-refractivity contribution in [3.8, 4) is 0 Å². The second kappa shape index (κ2) is 5.10. The summed E-state index contributed by atoms with van der Waals surface area (Å²) in [5, 5.41) is 0. The van der Waals surface area contributed by atoms with Crippen LogP contribution in [0.25, 0.3) is 0 Å². The predicted molar refractivity (Wildman–Crippen MR) is 78.1 cm³/mol. The van der Waals surface area contributed by atoms with Crippen LogP contribution in [0.15, 0.2) is 23.1 Å². The molecule has 6 heteroatoms. The van der Waals surface area contributed by atoms with E-state index in [1.54, 1.807) is 12.1 Å². The highest BCUT2D eigenvalue weighted by molar-refractivity contribution is 7.90. The molecule has 21 heavy (non-hydrogen) atoms. The largest absolute Gasteiger partial charge is 0.377 e. The van der Waals surface area contributed by atoms with E-state index in [2.05, 4.69) is 0 Å².